The predicted octanol–water partition coefficient (Wildman–Crippen LogP) is 3.70. The van der Waals surface area contributed by atoms with Gasteiger partial charge < -0.3 is 10.6 Å². The number of nitrogens with two attached hydrogens (primary N) is 1. The van der Waals surface area contributed by atoms with E-state index < -0.39 is 0 Å². The minimum atomic E-state index is 0.248. The zero-order valence-electron chi connectivity index (χ0n) is 12.6. The molecule has 0 aliphatic carbocycles. The summed E-state index contributed by atoms with van der Waals surface area (Å²) in [4.78, 5) is 10.6. The van der Waals surface area contributed by atoms with Crippen molar-refractivity contribution in [2.45, 2.75) is 38.1 Å². The van der Waals surface area contributed by atoms with E-state index in [-0.39, 0.29) is 5.95 Å². The highest BCUT2D eigenvalue weighted by molar-refractivity contribution is 6.29. The van der Waals surface area contributed by atoms with Gasteiger partial charge in [-0.1, -0.05) is 41.9 Å². The van der Waals surface area contributed by atoms with Gasteiger partial charge in [-0.25, -0.2) is 4.98 Å². The first-order valence-corrected chi connectivity index (χ1v) is 8.21. The van der Waals surface area contributed by atoms with Crippen LogP contribution in [0.1, 0.15) is 31.2 Å². The van der Waals surface area contributed by atoms with E-state index in [0.29, 0.717) is 11.2 Å². The molecule has 116 valence electrons. The molecule has 2 N–H and O–H groups in total. The molecule has 1 saturated heterocycles. The topological polar surface area (TPSA) is 55.0 Å². The molecule has 0 spiro atoms. The number of aromatic nitrogens is 2. The molecule has 0 amide bonds. The Labute approximate surface area is 136 Å². The van der Waals surface area contributed by atoms with E-state index in [4.69, 9.17) is 17.3 Å². The van der Waals surface area contributed by atoms with Crippen molar-refractivity contribution in [3.8, 4) is 0 Å². The van der Waals surface area contributed by atoms with E-state index in [2.05, 4.69) is 45.2 Å². The van der Waals surface area contributed by atoms with Crippen molar-refractivity contribution < 1.29 is 0 Å². The van der Waals surface area contributed by atoms with Crippen LogP contribution < -0.4 is 10.6 Å². The van der Waals surface area contributed by atoms with Crippen LogP contribution in [0.5, 0.6) is 0 Å². The summed E-state index contributed by atoms with van der Waals surface area (Å²) in [6, 6.07) is 13.0. The van der Waals surface area contributed by atoms with Crippen LogP contribution in [0.3, 0.4) is 0 Å². The van der Waals surface area contributed by atoms with Gasteiger partial charge in [0.25, 0.3) is 0 Å². The quantitative estimate of drug-likeness (QED) is 0.854. The number of benzene rings is 1. The van der Waals surface area contributed by atoms with Crippen molar-refractivity contribution in [3.63, 3.8) is 0 Å². The molecule has 1 aromatic carbocycles. The third-order valence-corrected chi connectivity index (χ3v) is 4.41. The number of nitrogen functional groups attached to an aromatic ring is 1. The molecule has 1 fully saturated rings. The number of hydrogen-bond donors (Lipinski definition) is 1. The first-order chi connectivity index (χ1) is 10.7. The first kappa shape index (κ1) is 15.1. The molecule has 1 aliphatic heterocycles. The summed E-state index contributed by atoms with van der Waals surface area (Å²) in [5.74, 6) is 1.11. The van der Waals surface area contributed by atoms with Crippen LogP contribution in [0.15, 0.2) is 36.4 Å². The fourth-order valence-corrected chi connectivity index (χ4v) is 3.38. The van der Waals surface area contributed by atoms with Gasteiger partial charge in [-0.05, 0) is 37.7 Å². The van der Waals surface area contributed by atoms with Gasteiger partial charge in [-0.2, -0.15) is 4.98 Å². The molecule has 2 aromatic rings. The van der Waals surface area contributed by atoms with E-state index in [9.17, 15) is 0 Å². The van der Waals surface area contributed by atoms with Crippen LogP contribution in [0.2, 0.25) is 5.15 Å². The third kappa shape index (κ3) is 3.69. The Balaban J connectivity index is 1.61. The molecular formula is C17H21ClN4. The predicted molar refractivity (Wildman–Crippen MR) is 91.2 cm³/mol. The normalized spacial score (nSPS) is 17.9. The van der Waals surface area contributed by atoms with Crippen molar-refractivity contribution in [1.29, 1.82) is 0 Å². The fourth-order valence-electron chi connectivity index (χ4n) is 3.19. The molecule has 3 rings (SSSR count). The third-order valence-electron chi connectivity index (χ3n) is 4.22. The Morgan fingerprint density at radius 3 is 2.82 bits per heavy atom. The van der Waals surface area contributed by atoms with Crippen molar-refractivity contribution >= 4 is 23.4 Å². The Morgan fingerprint density at radius 1 is 1.23 bits per heavy atom. The van der Waals surface area contributed by atoms with Gasteiger partial charge in [0.05, 0.1) is 0 Å². The average Bonchev–Trinajstić information content (AvgIpc) is 2.96. The Bertz CT molecular complexity index is 597. The summed E-state index contributed by atoms with van der Waals surface area (Å²) in [7, 11) is 0. The lowest BCUT2D eigenvalue weighted by atomic mass is 10.0. The molecular weight excluding hydrogens is 296 g/mol. The molecule has 1 atom stereocenters. The molecule has 1 unspecified atom stereocenters. The van der Waals surface area contributed by atoms with Crippen LogP contribution in [0, 0.1) is 0 Å². The summed E-state index contributed by atoms with van der Waals surface area (Å²) in [6.07, 6.45) is 5.86. The number of halogens is 1. The Hall–Kier alpha value is -1.81. The van der Waals surface area contributed by atoms with Crippen LogP contribution in [-0.2, 0) is 6.42 Å². The second kappa shape index (κ2) is 6.97. The van der Waals surface area contributed by atoms with Crippen molar-refractivity contribution in [2.24, 2.45) is 0 Å². The molecule has 0 radical (unpaired) electrons. The maximum absolute atomic E-state index is 6.00. The standard InChI is InChI=1S/C17H21ClN4/c18-15-12-16(21-17(19)20-15)22-11-5-10-14(22)9-4-8-13-6-2-1-3-7-13/h1-3,6-7,12,14H,4-5,8-11H2,(H2,19,20,21). The maximum Gasteiger partial charge on any atom is 0.223 e. The molecule has 0 bridgehead atoms. The molecule has 22 heavy (non-hydrogen) atoms. The number of anilines is 2. The highest BCUT2D eigenvalue weighted by Crippen LogP contribution is 2.28. The van der Waals surface area contributed by atoms with Crippen molar-refractivity contribution in [1.82, 2.24) is 9.97 Å². The lowest BCUT2D eigenvalue weighted by Gasteiger charge is -2.26. The lowest BCUT2D eigenvalue weighted by Crippen LogP contribution is -2.30. The van der Waals surface area contributed by atoms with E-state index >= 15 is 0 Å². The van der Waals surface area contributed by atoms with E-state index in [1.165, 1.54) is 24.8 Å². The summed E-state index contributed by atoms with van der Waals surface area (Å²) in [5, 5.41) is 0.414. The fraction of sp³-hybridized carbons (Fsp3) is 0.412. The Morgan fingerprint density at radius 2 is 2.05 bits per heavy atom. The smallest absolute Gasteiger partial charge is 0.223 e. The number of hydrogen-bond acceptors (Lipinski definition) is 4. The summed E-state index contributed by atoms with van der Waals surface area (Å²) >= 11 is 6.00. The van der Waals surface area contributed by atoms with Gasteiger partial charge in [-0.3, -0.25) is 0 Å². The molecule has 1 aromatic heterocycles. The highest BCUT2D eigenvalue weighted by atomic mass is 35.5. The van der Waals surface area contributed by atoms with Gasteiger partial charge in [0.2, 0.25) is 5.95 Å². The zero-order valence-corrected chi connectivity index (χ0v) is 13.3. The van der Waals surface area contributed by atoms with Crippen molar-refractivity contribution in [3.05, 3.63) is 47.1 Å². The molecule has 2 heterocycles. The maximum atomic E-state index is 6.00. The summed E-state index contributed by atoms with van der Waals surface area (Å²) < 4.78 is 0. The average molecular weight is 317 g/mol. The van der Waals surface area contributed by atoms with Gasteiger partial charge in [0.1, 0.15) is 11.0 Å². The van der Waals surface area contributed by atoms with Crippen LogP contribution in [-0.4, -0.2) is 22.6 Å². The van der Waals surface area contributed by atoms with Crippen LogP contribution in [0.25, 0.3) is 0 Å². The van der Waals surface area contributed by atoms with E-state index in [1.54, 1.807) is 0 Å². The van der Waals surface area contributed by atoms with Gasteiger partial charge in [0.15, 0.2) is 0 Å². The zero-order chi connectivity index (χ0) is 15.4. The second-order valence-corrected chi connectivity index (χ2v) is 6.16. The molecule has 1 aliphatic rings. The van der Waals surface area contributed by atoms with Gasteiger partial charge in [-0.15, -0.1) is 0 Å². The summed E-state index contributed by atoms with van der Waals surface area (Å²) in [6.45, 7) is 1.02. The second-order valence-electron chi connectivity index (χ2n) is 5.77. The van der Waals surface area contributed by atoms with E-state index in [1.807, 2.05) is 6.07 Å². The molecule has 5 heteroatoms. The monoisotopic (exact) mass is 316 g/mol. The number of nitrogens with zero attached hydrogens (tertiary/aromatic N) is 3. The van der Waals surface area contributed by atoms with Crippen LogP contribution in [0.4, 0.5) is 11.8 Å². The number of rotatable bonds is 5. The minimum absolute atomic E-state index is 0.248. The van der Waals surface area contributed by atoms with E-state index in [0.717, 1.165) is 25.2 Å². The summed E-state index contributed by atoms with van der Waals surface area (Å²) in [5.41, 5.74) is 7.12. The molecule has 4 nitrogen and oxygen atoms in total. The minimum Gasteiger partial charge on any atom is -0.368 e. The van der Waals surface area contributed by atoms with Gasteiger partial charge in [0, 0.05) is 18.7 Å². The van der Waals surface area contributed by atoms with Crippen LogP contribution >= 0.6 is 11.6 Å². The Kier molecular flexibility index (Phi) is 4.78. The lowest BCUT2D eigenvalue weighted by molar-refractivity contribution is 0.577. The van der Waals surface area contributed by atoms with Crippen molar-refractivity contribution in [2.75, 3.05) is 17.2 Å². The SMILES string of the molecule is Nc1nc(Cl)cc(N2CCCC2CCCc2ccccc2)n1. The largest absolute Gasteiger partial charge is 0.368 e. The first-order valence-electron chi connectivity index (χ1n) is 7.83. The number of aryl methyl sites for hydroxylation is 1. The van der Waals surface area contributed by atoms with Gasteiger partial charge >= 0.3 is 0 Å². The highest BCUT2D eigenvalue weighted by Gasteiger charge is 2.25. The molecule has 0 saturated carbocycles.